The van der Waals surface area contributed by atoms with Crippen LogP contribution in [0.3, 0.4) is 0 Å². The van der Waals surface area contributed by atoms with Gasteiger partial charge in [-0.2, -0.15) is 0 Å². The van der Waals surface area contributed by atoms with Gasteiger partial charge in [0.15, 0.2) is 0 Å². The summed E-state index contributed by atoms with van der Waals surface area (Å²) in [5.41, 5.74) is 7.93. The molecule has 22 heavy (non-hydrogen) atoms. The summed E-state index contributed by atoms with van der Waals surface area (Å²) in [4.78, 5) is 16.2. The van der Waals surface area contributed by atoms with Gasteiger partial charge in [0.1, 0.15) is 0 Å². The van der Waals surface area contributed by atoms with E-state index in [0.29, 0.717) is 0 Å². The van der Waals surface area contributed by atoms with E-state index in [0.717, 1.165) is 50.6 Å². The van der Waals surface area contributed by atoms with Gasteiger partial charge in [0.05, 0.1) is 5.92 Å². The Hall–Kier alpha value is -1.26. The molecule has 0 saturated carbocycles. The minimum Gasteiger partial charge on any atom is -0.371 e. The highest BCUT2D eigenvalue weighted by molar-refractivity contribution is 6.31. The number of primary amides is 1. The fourth-order valence-corrected chi connectivity index (χ4v) is 3.84. The normalized spacial score (nSPS) is 23.0. The van der Waals surface area contributed by atoms with Gasteiger partial charge in [-0.3, -0.25) is 9.69 Å². The third-order valence-corrected chi connectivity index (χ3v) is 5.18. The maximum Gasteiger partial charge on any atom is 0.221 e. The molecular weight excluding hydrogens is 298 g/mol. The molecule has 0 radical (unpaired) electrons. The molecule has 2 heterocycles. The number of carbonyl (C=O) groups is 1. The lowest BCUT2D eigenvalue weighted by Gasteiger charge is -2.33. The van der Waals surface area contributed by atoms with Crippen LogP contribution in [0.25, 0.3) is 0 Å². The third kappa shape index (κ3) is 3.39. The lowest BCUT2D eigenvalue weighted by molar-refractivity contribution is -0.123. The maximum atomic E-state index is 11.5. The number of amides is 1. The smallest absolute Gasteiger partial charge is 0.221 e. The number of nitrogens with two attached hydrogens (primary N) is 1. The Balaban J connectivity index is 1.77. The fourth-order valence-electron chi connectivity index (χ4n) is 3.61. The second-order valence-corrected chi connectivity index (χ2v) is 6.82. The zero-order valence-electron chi connectivity index (χ0n) is 12.9. The Kier molecular flexibility index (Phi) is 4.89. The molecule has 2 fully saturated rings. The van der Waals surface area contributed by atoms with Gasteiger partial charge in [0.2, 0.25) is 5.91 Å². The molecular formula is C17H24ClN3O. The van der Waals surface area contributed by atoms with Crippen LogP contribution in [-0.2, 0) is 11.3 Å². The molecule has 2 N–H and O–H groups in total. The van der Waals surface area contributed by atoms with Crippen molar-refractivity contribution < 1.29 is 4.79 Å². The molecule has 1 atom stereocenters. The second-order valence-electron chi connectivity index (χ2n) is 6.41. The number of halogens is 1. The van der Waals surface area contributed by atoms with E-state index in [4.69, 9.17) is 17.3 Å². The van der Waals surface area contributed by atoms with Crippen molar-refractivity contribution in [2.24, 2.45) is 11.7 Å². The van der Waals surface area contributed by atoms with Crippen molar-refractivity contribution in [3.8, 4) is 0 Å². The van der Waals surface area contributed by atoms with Crippen LogP contribution in [0.15, 0.2) is 18.2 Å². The van der Waals surface area contributed by atoms with Gasteiger partial charge in [-0.25, -0.2) is 0 Å². The van der Waals surface area contributed by atoms with E-state index >= 15 is 0 Å². The summed E-state index contributed by atoms with van der Waals surface area (Å²) in [5.74, 6) is -0.199. The molecule has 2 saturated heterocycles. The summed E-state index contributed by atoms with van der Waals surface area (Å²) in [7, 11) is 0. The van der Waals surface area contributed by atoms with E-state index in [1.54, 1.807) is 0 Å². The molecule has 0 unspecified atom stereocenters. The number of benzene rings is 1. The molecule has 3 rings (SSSR count). The molecule has 1 aromatic carbocycles. The number of piperidine rings is 1. The molecule has 2 aliphatic heterocycles. The fraction of sp³-hybridized carbons (Fsp3) is 0.588. The Bertz CT molecular complexity index is 543. The highest BCUT2D eigenvalue weighted by Gasteiger charge is 2.26. The summed E-state index contributed by atoms with van der Waals surface area (Å²) in [5, 5.41) is 0.825. The number of hydrogen-bond donors (Lipinski definition) is 1. The van der Waals surface area contributed by atoms with Gasteiger partial charge in [0, 0.05) is 42.5 Å². The van der Waals surface area contributed by atoms with Crippen molar-refractivity contribution in [2.45, 2.75) is 32.2 Å². The minimum absolute atomic E-state index is 0.0218. The summed E-state index contributed by atoms with van der Waals surface area (Å²) >= 11 is 6.48. The van der Waals surface area contributed by atoms with Crippen LogP contribution < -0.4 is 10.6 Å². The number of rotatable bonds is 4. The van der Waals surface area contributed by atoms with Gasteiger partial charge < -0.3 is 10.6 Å². The zero-order valence-corrected chi connectivity index (χ0v) is 13.7. The summed E-state index contributed by atoms with van der Waals surface area (Å²) < 4.78 is 0. The van der Waals surface area contributed by atoms with Crippen molar-refractivity contribution in [3.05, 3.63) is 28.8 Å². The molecule has 4 nitrogen and oxygen atoms in total. The summed E-state index contributed by atoms with van der Waals surface area (Å²) in [6.45, 7) is 4.78. The van der Waals surface area contributed by atoms with Crippen molar-refractivity contribution >= 4 is 23.2 Å². The molecule has 1 amide bonds. The number of hydrogen-bond acceptors (Lipinski definition) is 3. The highest BCUT2D eigenvalue weighted by atomic mass is 35.5. The van der Waals surface area contributed by atoms with Crippen molar-refractivity contribution in [1.82, 2.24) is 4.90 Å². The second kappa shape index (κ2) is 6.88. The molecule has 1 aromatic rings. The van der Waals surface area contributed by atoms with Crippen LogP contribution in [0.5, 0.6) is 0 Å². The van der Waals surface area contributed by atoms with Crippen LogP contribution in [0.4, 0.5) is 5.69 Å². The standard InChI is InChI=1S/C17H24ClN3O/c18-15-6-3-7-16(21-9-1-2-10-21)14(15)12-20-8-4-5-13(11-20)17(19)22/h3,6-7,13H,1-2,4-5,8-12H2,(H2,19,22)/t13-/m0/s1. The van der Waals surface area contributed by atoms with Crippen LogP contribution in [-0.4, -0.2) is 37.0 Å². The molecule has 0 aromatic heterocycles. The molecule has 0 aliphatic carbocycles. The first kappa shape index (κ1) is 15.6. The Morgan fingerprint density at radius 1 is 1.23 bits per heavy atom. The van der Waals surface area contributed by atoms with Crippen LogP contribution in [0.1, 0.15) is 31.2 Å². The van der Waals surface area contributed by atoms with Crippen LogP contribution >= 0.6 is 11.6 Å². The number of anilines is 1. The monoisotopic (exact) mass is 321 g/mol. The SMILES string of the molecule is NC(=O)[C@H]1CCCN(Cc2c(Cl)cccc2N2CCCC2)C1. The van der Waals surface area contributed by atoms with Gasteiger partial charge >= 0.3 is 0 Å². The van der Waals surface area contributed by atoms with Crippen molar-refractivity contribution in [2.75, 3.05) is 31.1 Å². The average molecular weight is 322 g/mol. The quantitative estimate of drug-likeness (QED) is 0.927. The van der Waals surface area contributed by atoms with Gasteiger partial charge in [-0.05, 0) is 44.4 Å². The molecule has 0 spiro atoms. The lowest BCUT2D eigenvalue weighted by atomic mass is 9.97. The van der Waals surface area contributed by atoms with Gasteiger partial charge in [0.25, 0.3) is 0 Å². The summed E-state index contributed by atoms with van der Waals surface area (Å²) in [6, 6.07) is 6.16. The third-order valence-electron chi connectivity index (χ3n) is 4.83. The predicted octanol–water partition coefficient (Wildman–Crippen LogP) is 2.64. The first-order chi connectivity index (χ1) is 10.6. The Morgan fingerprint density at radius 3 is 2.73 bits per heavy atom. The molecule has 2 aliphatic rings. The number of carbonyl (C=O) groups excluding carboxylic acids is 1. The van der Waals surface area contributed by atoms with Crippen molar-refractivity contribution in [3.63, 3.8) is 0 Å². The van der Waals surface area contributed by atoms with Crippen LogP contribution in [0.2, 0.25) is 5.02 Å². The molecule has 0 bridgehead atoms. The van der Waals surface area contributed by atoms with E-state index in [9.17, 15) is 4.79 Å². The summed E-state index contributed by atoms with van der Waals surface area (Å²) in [6.07, 6.45) is 4.43. The Labute approximate surface area is 137 Å². The van der Waals surface area contributed by atoms with Gasteiger partial charge in [-0.1, -0.05) is 17.7 Å². The predicted molar refractivity (Wildman–Crippen MR) is 90.1 cm³/mol. The maximum absolute atomic E-state index is 11.5. The average Bonchev–Trinajstić information content (AvgIpc) is 3.04. The first-order valence-corrected chi connectivity index (χ1v) is 8.57. The van der Waals surface area contributed by atoms with E-state index in [-0.39, 0.29) is 11.8 Å². The van der Waals surface area contributed by atoms with Gasteiger partial charge in [-0.15, -0.1) is 0 Å². The first-order valence-electron chi connectivity index (χ1n) is 8.19. The zero-order chi connectivity index (χ0) is 15.5. The minimum atomic E-state index is -0.177. The number of likely N-dealkylation sites (tertiary alicyclic amines) is 1. The largest absolute Gasteiger partial charge is 0.371 e. The van der Waals surface area contributed by atoms with Crippen LogP contribution in [0, 0.1) is 5.92 Å². The van der Waals surface area contributed by atoms with E-state index in [1.807, 2.05) is 12.1 Å². The molecule has 120 valence electrons. The van der Waals surface area contributed by atoms with E-state index in [2.05, 4.69) is 15.9 Å². The number of nitrogens with zero attached hydrogens (tertiary/aromatic N) is 2. The highest BCUT2D eigenvalue weighted by Crippen LogP contribution is 2.32. The lowest BCUT2D eigenvalue weighted by Crippen LogP contribution is -2.40. The Morgan fingerprint density at radius 2 is 2.00 bits per heavy atom. The molecule has 5 heteroatoms. The van der Waals surface area contributed by atoms with E-state index in [1.165, 1.54) is 24.1 Å². The topological polar surface area (TPSA) is 49.6 Å². The van der Waals surface area contributed by atoms with E-state index < -0.39 is 0 Å². The van der Waals surface area contributed by atoms with Crippen molar-refractivity contribution in [1.29, 1.82) is 0 Å².